The number of hydrogen-bond donors (Lipinski definition) is 1. The molecule has 0 unspecified atom stereocenters. The molecule has 1 N–H and O–H groups in total. The molecule has 7 heteroatoms. The fraction of sp³-hybridized carbons (Fsp3) is 0.536. The predicted octanol–water partition coefficient (Wildman–Crippen LogP) is 3.48. The Bertz CT molecular complexity index is 863. The van der Waals surface area contributed by atoms with Crippen LogP contribution in [0.1, 0.15) is 40.5 Å². The van der Waals surface area contributed by atoms with Crippen LogP contribution in [0.25, 0.3) is 0 Å². The van der Waals surface area contributed by atoms with E-state index < -0.39 is 8.32 Å². The van der Waals surface area contributed by atoms with E-state index in [-0.39, 0.29) is 35.8 Å². The SMILES string of the molecule is CCOC(=O)C[C@@H]1N[C@@H](CO[Si](c2ccccc2)(c2ccccc2)C(C)(C)C)C[C@@H]1COCOC. The molecule has 1 fully saturated rings. The molecule has 0 aromatic heterocycles. The van der Waals surface area contributed by atoms with E-state index in [0.717, 1.165) is 6.42 Å². The average molecular weight is 500 g/mol. The number of ether oxygens (including phenoxy) is 3. The molecule has 1 aliphatic heterocycles. The first kappa shape index (κ1) is 27.6. The molecule has 0 bridgehead atoms. The first-order valence-corrected chi connectivity index (χ1v) is 14.5. The minimum absolute atomic E-state index is 0.0151. The summed E-state index contributed by atoms with van der Waals surface area (Å²) in [6.07, 6.45) is 1.19. The van der Waals surface area contributed by atoms with Crippen LogP contribution >= 0.6 is 0 Å². The van der Waals surface area contributed by atoms with Gasteiger partial charge in [-0.1, -0.05) is 81.4 Å². The average Bonchev–Trinajstić information content (AvgIpc) is 3.21. The van der Waals surface area contributed by atoms with Gasteiger partial charge < -0.3 is 24.0 Å². The Kier molecular flexibility index (Phi) is 10.1. The largest absolute Gasteiger partial charge is 0.466 e. The third-order valence-corrected chi connectivity index (χ3v) is 11.8. The number of esters is 1. The van der Waals surface area contributed by atoms with Gasteiger partial charge in [0.25, 0.3) is 8.32 Å². The smallest absolute Gasteiger partial charge is 0.307 e. The Morgan fingerprint density at radius 2 is 1.60 bits per heavy atom. The van der Waals surface area contributed by atoms with Gasteiger partial charge in [-0.05, 0) is 34.7 Å². The Labute approximate surface area is 211 Å². The molecule has 1 saturated heterocycles. The molecule has 192 valence electrons. The molecule has 2 aromatic rings. The summed E-state index contributed by atoms with van der Waals surface area (Å²) in [6, 6.07) is 21.4. The molecular weight excluding hydrogens is 458 g/mol. The summed E-state index contributed by atoms with van der Waals surface area (Å²) in [5, 5.41) is 6.10. The van der Waals surface area contributed by atoms with Crippen molar-refractivity contribution in [2.45, 2.75) is 57.7 Å². The van der Waals surface area contributed by atoms with Crippen LogP contribution in [-0.2, 0) is 23.4 Å². The van der Waals surface area contributed by atoms with Gasteiger partial charge in [-0.2, -0.15) is 0 Å². The number of carbonyl (C=O) groups excluding carboxylic acids is 1. The number of rotatable bonds is 12. The van der Waals surface area contributed by atoms with E-state index in [1.807, 2.05) is 6.92 Å². The number of hydrogen-bond acceptors (Lipinski definition) is 6. The van der Waals surface area contributed by atoms with Crippen molar-refractivity contribution in [1.29, 1.82) is 0 Å². The molecule has 0 spiro atoms. The van der Waals surface area contributed by atoms with Crippen LogP contribution in [0.3, 0.4) is 0 Å². The highest BCUT2D eigenvalue weighted by molar-refractivity contribution is 6.99. The minimum Gasteiger partial charge on any atom is -0.466 e. The summed E-state index contributed by atoms with van der Waals surface area (Å²) in [4.78, 5) is 12.2. The fourth-order valence-corrected chi connectivity index (χ4v) is 9.84. The van der Waals surface area contributed by atoms with Crippen molar-refractivity contribution in [1.82, 2.24) is 5.32 Å². The van der Waals surface area contributed by atoms with Crippen molar-refractivity contribution in [2.75, 3.05) is 33.7 Å². The monoisotopic (exact) mass is 499 g/mol. The molecule has 0 saturated carbocycles. The van der Waals surface area contributed by atoms with Gasteiger partial charge in [0.15, 0.2) is 0 Å². The maximum atomic E-state index is 12.2. The molecule has 0 amide bonds. The summed E-state index contributed by atoms with van der Waals surface area (Å²) in [6.45, 7) is 10.4. The number of benzene rings is 2. The second-order valence-electron chi connectivity index (χ2n) is 10.2. The normalized spacial score (nSPS) is 20.7. The molecule has 1 heterocycles. The van der Waals surface area contributed by atoms with E-state index >= 15 is 0 Å². The third-order valence-electron chi connectivity index (χ3n) is 6.75. The zero-order chi connectivity index (χ0) is 25.3. The quantitative estimate of drug-likeness (QED) is 0.209. The first-order chi connectivity index (χ1) is 16.8. The van der Waals surface area contributed by atoms with Crippen LogP contribution in [0.4, 0.5) is 0 Å². The highest BCUT2D eigenvalue weighted by atomic mass is 28.4. The Morgan fingerprint density at radius 3 is 2.11 bits per heavy atom. The summed E-state index contributed by atoms with van der Waals surface area (Å²) in [5.74, 6) is -0.00222. The molecule has 1 aliphatic rings. The van der Waals surface area contributed by atoms with Crippen LogP contribution < -0.4 is 15.7 Å². The highest BCUT2D eigenvalue weighted by Gasteiger charge is 2.50. The van der Waals surface area contributed by atoms with Gasteiger partial charge >= 0.3 is 5.97 Å². The maximum Gasteiger partial charge on any atom is 0.307 e. The third kappa shape index (κ3) is 6.80. The van der Waals surface area contributed by atoms with Crippen molar-refractivity contribution in [3.63, 3.8) is 0 Å². The standard InChI is InChI=1S/C28H41NO5Si/c1-6-33-27(30)18-26-22(19-32-21-31-5)17-23(29-26)20-34-35(28(2,3)4,24-13-9-7-10-14-24)25-15-11-8-12-16-25/h7-16,22-23,26,29H,6,17-21H2,1-5H3/t22-,23-,26+/m1/s1. The second-order valence-corrected chi connectivity index (χ2v) is 14.5. The van der Waals surface area contributed by atoms with Gasteiger partial charge in [0.1, 0.15) is 6.79 Å². The molecule has 0 aliphatic carbocycles. The van der Waals surface area contributed by atoms with Crippen LogP contribution in [0.2, 0.25) is 5.04 Å². The number of carbonyl (C=O) groups is 1. The summed E-state index contributed by atoms with van der Waals surface area (Å²) in [5.41, 5.74) is 0. The summed E-state index contributed by atoms with van der Waals surface area (Å²) >= 11 is 0. The molecule has 0 radical (unpaired) electrons. The number of nitrogens with one attached hydrogen (secondary N) is 1. The predicted molar refractivity (Wildman–Crippen MR) is 141 cm³/mol. The lowest BCUT2D eigenvalue weighted by atomic mass is 9.98. The minimum atomic E-state index is -2.62. The van der Waals surface area contributed by atoms with Crippen LogP contribution in [0.15, 0.2) is 60.7 Å². The highest BCUT2D eigenvalue weighted by Crippen LogP contribution is 2.37. The lowest BCUT2D eigenvalue weighted by Gasteiger charge is -2.43. The van der Waals surface area contributed by atoms with E-state index in [1.54, 1.807) is 7.11 Å². The molecule has 35 heavy (non-hydrogen) atoms. The van der Waals surface area contributed by atoms with Crippen molar-refractivity contribution in [2.24, 2.45) is 5.92 Å². The van der Waals surface area contributed by atoms with Gasteiger partial charge in [0, 0.05) is 19.2 Å². The van der Waals surface area contributed by atoms with E-state index in [1.165, 1.54) is 10.4 Å². The van der Waals surface area contributed by atoms with Crippen molar-refractivity contribution < 1.29 is 23.4 Å². The molecule has 3 atom stereocenters. The van der Waals surface area contributed by atoms with Gasteiger partial charge in [0.2, 0.25) is 0 Å². The molecule has 2 aromatic carbocycles. The number of methoxy groups -OCH3 is 1. The van der Waals surface area contributed by atoms with Crippen molar-refractivity contribution in [3.05, 3.63) is 60.7 Å². The lowest BCUT2D eigenvalue weighted by molar-refractivity contribution is -0.144. The van der Waals surface area contributed by atoms with Gasteiger partial charge in [-0.15, -0.1) is 0 Å². The fourth-order valence-electron chi connectivity index (χ4n) is 5.23. The van der Waals surface area contributed by atoms with E-state index in [0.29, 0.717) is 26.2 Å². The zero-order valence-electron chi connectivity index (χ0n) is 21.8. The van der Waals surface area contributed by atoms with E-state index in [9.17, 15) is 4.79 Å². The van der Waals surface area contributed by atoms with E-state index in [4.69, 9.17) is 18.6 Å². The van der Waals surface area contributed by atoms with Gasteiger partial charge in [0.05, 0.1) is 26.2 Å². The van der Waals surface area contributed by atoms with Gasteiger partial charge in [-0.25, -0.2) is 0 Å². The first-order valence-electron chi connectivity index (χ1n) is 12.5. The van der Waals surface area contributed by atoms with Crippen LogP contribution in [-0.4, -0.2) is 60.1 Å². The van der Waals surface area contributed by atoms with Gasteiger partial charge in [-0.3, -0.25) is 4.79 Å². The zero-order valence-corrected chi connectivity index (χ0v) is 22.8. The topological polar surface area (TPSA) is 66.0 Å². The van der Waals surface area contributed by atoms with Crippen molar-refractivity contribution in [3.8, 4) is 0 Å². The summed E-state index contributed by atoms with van der Waals surface area (Å²) < 4.78 is 23.1. The molecular formula is C28H41NO5Si. The Balaban J connectivity index is 1.84. The molecule has 6 nitrogen and oxygen atoms in total. The maximum absolute atomic E-state index is 12.2. The summed E-state index contributed by atoms with van der Waals surface area (Å²) in [7, 11) is -1.01. The van der Waals surface area contributed by atoms with Crippen LogP contribution in [0, 0.1) is 5.92 Å². The van der Waals surface area contributed by atoms with E-state index in [2.05, 4.69) is 86.8 Å². The second kappa shape index (κ2) is 12.8. The van der Waals surface area contributed by atoms with Crippen LogP contribution in [0.5, 0.6) is 0 Å². The lowest BCUT2D eigenvalue weighted by Crippen LogP contribution is -2.67. The Morgan fingerprint density at radius 1 is 1.00 bits per heavy atom. The van der Waals surface area contributed by atoms with Crippen molar-refractivity contribution >= 4 is 24.7 Å². The molecule has 3 rings (SSSR count). The Hall–Kier alpha value is -2.03.